The predicted octanol–water partition coefficient (Wildman–Crippen LogP) is 5.47. The van der Waals surface area contributed by atoms with Crippen molar-refractivity contribution in [3.05, 3.63) is 64.7 Å². The van der Waals surface area contributed by atoms with Crippen LogP contribution in [0.4, 0.5) is 5.69 Å². The molecular formula is C20H25N. The first-order valence-electron chi connectivity index (χ1n) is 8.11. The summed E-state index contributed by atoms with van der Waals surface area (Å²) >= 11 is 0. The summed E-state index contributed by atoms with van der Waals surface area (Å²) in [5.74, 6) is 0.596. The maximum atomic E-state index is 3.64. The first-order chi connectivity index (χ1) is 10.1. The third-order valence-corrected chi connectivity index (χ3v) is 4.58. The fourth-order valence-electron chi connectivity index (χ4n) is 3.16. The van der Waals surface area contributed by atoms with Gasteiger partial charge in [-0.3, -0.25) is 0 Å². The maximum absolute atomic E-state index is 3.64. The summed E-state index contributed by atoms with van der Waals surface area (Å²) in [6, 6.07) is 16.2. The number of nitrogens with one attached hydrogen (secondary N) is 1. The Kier molecular flexibility index (Phi) is 4.01. The highest BCUT2D eigenvalue weighted by molar-refractivity contribution is 5.51. The fourth-order valence-corrected chi connectivity index (χ4v) is 3.16. The smallest absolute Gasteiger partial charge is 0.0485 e. The molecule has 1 aliphatic carbocycles. The lowest BCUT2D eigenvalue weighted by Crippen LogP contribution is -2.07. The zero-order valence-corrected chi connectivity index (χ0v) is 13.3. The summed E-state index contributed by atoms with van der Waals surface area (Å²) in [6.45, 7) is 6.71. The molecule has 2 aromatic rings. The molecule has 0 fully saturated rings. The molecule has 0 amide bonds. The second-order valence-electron chi connectivity index (χ2n) is 6.52. The van der Waals surface area contributed by atoms with E-state index >= 15 is 0 Å². The molecule has 0 saturated heterocycles. The predicted molar refractivity (Wildman–Crippen MR) is 91.0 cm³/mol. The molecule has 0 radical (unpaired) electrons. The molecule has 0 heterocycles. The third-order valence-electron chi connectivity index (χ3n) is 4.58. The van der Waals surface area contributed by atoms with Crippen LogP contribution in [0.15, 0.2) is 42.5 Å². The average Bonchev–Trinajstić information content (AvgIpc) is 2.95. The SMILES string of the molecule is CC(C)c1ccc(C(C)Nc2ccc3c(c2)CCC3)cc1. The Bertz CT molecular complexity index is 610. The first-order valence-corrected chi connectivity index (χ1v) is 8.11. The Labute approximate surface area is 128 Å². The summed E-state index contributed by atoms with van der Waals surface area (Å²) in [6.07, 6.45) is 3.80. The van der Waals surface area contributed by atoms with Gasteiger partial charge in [-0.2, -0.15) is 0 Å². The highest BCUT2D eigenvalue weighted by atomic mass is 14.9. The summed E-state index contributed by atoms with van der Waals surface area (Å²) < 4.78 is 0. The minimum absolute atomic E-state index is 0.339. The zero-order valence-electron chi connectivity index (χ0n) is 13.3. The molecule has 1 unspecified atom stereocenters. The summed E-state index contributed by atoms with van der Waals surface area (Å²) in [4.78, 5) is 0. The number of hydrogen-bond acceptors (Lipinski definition) is 1. The maximum Gasteiger partial charge on any atom is 0.0485 e. The average molecular weight is 279 g/mol. The second kappa shape index (κ2) is 5.93. The van der Waals surface area contributed by atoms with Crippen molar-refractivity contribution < 1.29 is 0 Å². The number of hydrogen-bond donors (Lipinski definition) is 1. The van der Waals surface area contributed by atoms with Crippen LogP contribution in [0, 0.1) is 0 Å². The van der Waals surface area contributed by atoms with Crippen molar-refractivity contribution in [2.24, 2.45) is 0 Å². The van der Waals surface area contributed by atoms with Gasteiger partial charge in [0, 0.05) is 11.7 Å². The third kappa shape index (κ3) is 3.12. The normalized spacial score (nSPS) is 15.0. The number of benzene rings is 2. The van der Waals surface area contributed by atoms with E-state index in [1.807, 2.05) is 0 Å². The molecule has 2 aromatic carbocycles. The zero-order chi connectivity index (χ0) is 14.8. The molecule has 21 heavy (non-hydrogen) atoms. The number of aryl methyl sites for hydroxylation is 2. The Morgan fingerprint density at radius 1 is 0.810 bits per heavy atom. The molecule has 1 heteroatoms. The van der Waals surface area contributed by atoms with Gasteiger partial charge in [-0.15, -0.1) is 0 Å². The lowest BCUT2D eigenvalue weighted by Gasteiger charge is -2.17. The highest BCUT2D eigenvalue weighted by Gasteiger charge is 2.12. The van der Waals surface area contributed by atoms with Gasteiger partial charge < -0.3 is 5.32 Å². The van der Waals surface area contributed by atoms with Gasteiger partial charge in [0.25, 0.3) is 0 Å². The van der Waals surface area contributed by atoms with Gasteiger partial charge in [0.15, 0.2) is 0 Å². The molecule has 1 N–H and O–H groups in total. The van der Waals surface area contributed by atoms with Crippen molar-refractivity contribution in [3.8, 4) is 0 Å². The van der Waals surface area contributed by atoms with Crippen LogP contribution in [0.2, 0.25) is 0 Å². The van der Waals surface area contributed by atoms with Gasteiger partial charge in [0.2, 0.25) is 0 Å². The molecule has 0 aliphatic heterocycles. The Hall–Kier alpha value is -1.76. The van der Waals surface area contributed by atoms with Crippen LogP contribution in [0.3, 0.4) is 0 Å². The topological polar surface area (TPSA) is 12.0 Å². The van der Waals surface area contributed by atoms with Crippen molar-refractivity contribution in [3.63, 3.8) is 0 Å². The van der Waals surface area contributed by atoms with Crippen LogP contribution in [0.1, 0.15) is 61.4 Å². The van der Waals surface area contributed by atoms with Gasteiger partial charge in [-0.25, -0.2) is 0 Å². The standard InChI is InChI=1S/C20H25N/c1-14(2)16-7-9-17(10-8-16)15(3)21-20-12-11-18-5-4-6-19(18)13-20/h7-15,21H,4-6H2,1-3H3. The summed E-state index contributed by atoms with van der Waals surface area (Å²) in [5.41, 5.74) is 7.07. The van der Waals surface area contributed by atoms with E-state index in [0.29, 0.717) is 12.0 Å². The molecule has 1 atom stereocenters. The van der Waals surface area contributed by atoms with Crippen LogP contribution in [0.5, 0.6) is 0 Å². The van der Waals surface area contributed by atoms with E-state index in [1.165, 1.54) is 47.2 Å². The fraction of sp³-hybridized carbons (Fsp3) is 0.400. The van der Waals surface area contributed by atoms with Gasteiger partial charge in [-0.05, 0) is 66.5 Å². The first kappa shape index (κ1) is 14.2. The Morgan fingerprint density at radius 2 is 1.48 bits per heavy atom. The van der Waals surface area contributed by atoms with E-state index in [0.717, 1.165) is 0 Å². The van der Waals surface area contributed by atoms with E-state index in [4.69, 9.17) is 0 Å². The van der Waals surface area contributed by atoms with Crippen LogP contribution in [0.25, 0.3) is 0 Å². The summed E-state index contributed by atoms with van der Waals surface area (Å²) in [5, 5.41) is 3.64. The molecule has 0 aromatic heterocycles. The van der Waals surface area contributed by atoms with Crippen LogP contribution in [-0.4, -0.2) is 0 Å². The quantitative estimate of drug-likeness (QED) is 0.782. The second-order valence-corrected chi connectivity index (χ2v) is 6.52. The van der Waals surface area contributed by atoms with E-state index < -0.39 is 0 Å². The molecule has 0 saturated carbocycles. The van der Waals surface area contributed by atoms with E-state index in [9.17, 15) is 0 Å². The van der Waals surface area contributed by atoms with Crippen molar-refractivity contribution in [2.75, 3.05) is 5.32 Å². The minimum atomic E-state index is 0.339. The number of anilines is 1. The van der Waals surface area contributed by atoms with Crippen LogP contribution in [-0.2, 0) is 12.8 Å². The van der Waals surface area contributed by atoms with Crippen molar-refractivity contribution >= 4 is 5.69 Å². The van der Waals surface area contributed by atoms with Crippen molar-refractivity contribution in [1.29, 1.82) is 0 Å². The monoisotopic (exact) mass is 279 g/mol. The number of fused-ring (bicyclic) bond motifs is 1. The molecule has 3 rings (SSSR count). The minimum Gasteiger partial charge on any atom is -0.379 e. The van der Waals surface area contributed by atoms with E-state index in [1.54, 1.807) is 0 Å². The molecule has 0 bridgehead atoms. The van der Waals surface area contributed by atoms with Crippen LogP contribution < -0.4 is 5.32 Å². The molecule has 110 valence electrons. The van der Waals surface area contributed by atoms with Gasteiger partial charge in [0.05, 0.1) is 0 Å². The van der Waals surface area contributed by atoms with Crippen molar-refractivity contribution in [1.82, 2.24) is 0 Å². The van der Waals surface area contributed by atoms with E-state index in [2.05, 4.69) is 68.6 Å². The number of rotatable bonds is 4. The largest absolute Gasteiger partial charge is 0.379 e. The van der Waals surface area contributed by atoms with Crippen molar-refractivity contribution in [2.45, 2.75) is 52.0 Å². The Morgan fingerprint density at radius 3 is 2.19 bits per heavy atom. The lowest BCUT2D eigenvalue weighted by atomic mass is 9.99. The van der Waals surface area contributed by atoms with Gasteiger partial charge >= 0.3 is 0 Å². The van der Waals surface area contributed by atoms with E-state index in [-0.39, 0.29) is 0 Å². The molecule has 1 nitrogen and oxygen atoms in total. The Balaban J connectivity index is 1.72. The molecular weight excluding hydrogens is 254 g/mol. The molecule has 0 spiro atoms. The van der Waals surface area contributed by atoms with Gasteiger partial charge in [-0.1, -0.05) is 44.2 Å². The molecule has 1 aliphatic rings. The summed E-state index contributed by atoms with van der Waals surface area (Å²) in [7, 11) is 0. The van der Waals surface area contributed by atoms with Crippen LogP contribution >= 0.6 is 0 Å². The lowest BCUT2D eigenvalue weighted by molar-refractivity contribution is 0.852. The van der Waals surface area contributed by atoms with Gasteiger partial charge in [0.1, 0.15) is 0 Å². The highest BCUT2D eigenvalue weighted by Crippen LogP contribution is 2.27.